The van der Waals surface area contributed by atoms with Crippen LogP contribution < -0.4 is 4.90 Å². The van der Waals surface area contributed by atoms with Crippen molar-refractivity contribution in [2.75, 3.05) is 37.6 Å². The van der Waals surface area contributed by atoms with Gasteiger partial charge in [-0.1, -0.05) is 66.7 Å². The van der Waals surface area contributed by atoms with E-state index in [1.165, 1.54) is 16.9 Å². The van der Waals surface area contributed by atoms with E-state index >= 15 is 0 Å². The molecule has 188 valence electrons. The Bertz CT molecular complexity index is 1340. The highest BCUT2D eigenvalue weighted by Gasteiger charge is 2.42. The van der Waals surface area contributed by atoms with Crippen molar-refractivity contribution in [3.63, 3.8) is 0 Å². The maximum absolute atomic E-state index is 14.0. The molecule has 1 fully saturated rings. The summed E-state index contributed by atoms with van der Waals surface area (Å²) in [6, 6.07) is 33.6. The fourth-order valence-corrected chi connectivity index (χ4v) is 6.08. The molecule has 1 amide bonds. The summed E-state index contributed by atoms with van der Waals surface area (Å²) in [6.45, 7) is 5.58. The second kappa shape index (κ2) is 10.3. The first kappa shape index (κ1) is 23.6. The Labute approximate surface area is 219 Å². The highest BCUT2D eigenvalue weighted by Crippen LogP contribution is 2.44. The summed E-state index contributed by atoms with van der Waals surface area (Å²) in [7, 11) is 2.09. The molecule has 2 aliphatic heterocycles. The van der Waals surface area contributed by atoms with Crippen LogP contribution in [0.4, 0.5) is 5.69 Å². The SMILES string of the molecule is Cn1cccc1C1C(CN2CCN(c3ccccc3)CC2)c2ccccc2C(=O)N1Cc1ccccc1. The van der Waals surface area contributed by atoms with Gasteiger partial charge in [-0.05, 0) is 41.5 Å². The number of para-hydroxylation sites is 1. The normalized spacial score (nSPS) is 20.2. The van der Waals surface area contributed by atoms with Crippen LogP contribution in [0.25, 0.3) is 0 Å². The molecule has 5 heteroatoms. The van der Waals surface area contributed by atoms with Crippen molar-refractivity contribution in [2.45, 2.75) is 18.5 Å². The van der Waals surface area contributed by atoms with Crippen molar-refractivity contribution in [1.82, 2.24) is 14.4 Å². The number of hydrogen-bond acceptors (Lipinski definition) is 3. The molecular weight excluding hydrogens is 456 g/mol. The molecule has 37 heavy (non-hydrogen) atoms. The lowest BCUT2D eigenvalue weighted by Gasteiger charge is -2.45. The Kier molecular flexibility index (Phi) is 6.54. The van der Waals surface area contributed by atoms with Gasteiger partial charge in [0.15, 0.2) is 0 Å². The first-order valence-corrected chi connectivity index (χ1v) is 13.3. The van der Waals surface area contributed by atoms with Crippen LogP contribution in [0.3, 0.4) is 0 Å². The number of benzene rings is 3. The van der Waals surface area contributed by atoms with Crippen molar-refractivity contribution in [3.05, 3.63) is 126 Å². The summed E-state index contributed by atoms with van der Waals surface area (Å²) in [5, 5.41) is 0. The standard InChI is InChI=1S/C32H34N4O/c1-33-18-10-17-30(33)31-29(24-34-19-21-35(22-20-34)26-13-6-3-7-14-26)27-15-8-9-16-28(27)32(37)36(31)23-25-11-4-2-5-12-25/h2-18,29,31H,19-24H2,1H3. The molecular formula is C32H34N4O. The van der Waals surface area contributed by atoms with E-state index < -0.39 is 0 Å². The van der Waals surface area contributed by atoms with E-state index in [-0.39, 0.29) is 17.9 Å². The summed E-state index contributed by atoms with van der Waals surface area (Å²) in [6.07, 6.45) is 2.09. The molecule has 0 saturated carbocycles. The predicted molar refractivity (Wildman–Crippen MR) is 149 cm³/mol. The lowest BCUT2D eigenvalue weighted by molar-refractivity contribution is 0.0543. The van der Waals surface area contributed by atoms with Crippen LogP contribution in [-0.4, -0.2) is 53.0 Å². The lowest BCUT2D eigenvalue weighted by Crippen LogP contribution is -2.50. The number of rotatable bonds is 6. The van der Waals surface area contributed by atoms with E-state index in [0.717, 1.165) is 43.9 Å². The minimum absolute atomic E-state index is 0.0326. The smallest absolute Gasteiger partial charge is 0.255 e. The number of carbonyl (C=O) groups is 1. The van der Waals surface area contributed by atoms with Crippen molar-refractivity contribution in [1.29, 1.82) is 0 Å². The molecule has 2 atom stereocenters. The minimum atomic E-state index is -0.0326. The summed E-state index contributed by atoms with van der Waals surface area (Å²) in [5.74, 6) is 0.310. The number of hydrogen-bond donors (Lipinski definition) is 0. The second-order valence-electron chi connectivity index (χ2n) is 10.2. The molecule has 0 bridgehead atoms. The molecule has 6 rings (SSSR count). The van der Waals surface area contributed by atoms with Crippen LogP contribution in [0.1, 0.15) is 39.1 Å². The monoisotopic (exact) mass is 490 g/mol. The van der Waals surface area contributed by atoms with Gasteiger partial charge in [-0.2, -0.15) is 0 Å². The van der Waals surface area contributed by atoms with Crippen LogP contribution in [0, 0.1) is 0 Å². The number of piperazine rings is 1. The summed E-state index contributed by atoms with van der Waals surface area (Å²) in [5.41, 5.74) is 5.66. The molecule has 0 N–H and O–H groups in total. The predicted octanol–water partition coefficient (Wildman–Crippen LogP) is 5.33. The molecule has 0 radical (unpaired) electrons. The lowest BCUT2D eigenvalue weighted by atomic mass is 9.80. The number of carbonyl (C=O) groups excluding carboxylic acids is 1. The zero-order valence-corrected chi connectivity index (χ0v) is 21.4. The number of aromatic nitrogens is 1. The van der Waals surface area contributed by atoms with Crippen molar-refractivity contribution in [3.8, 4) is 0 Å². The topological polar surface area (TPSA) is 31.7 Å². The molecule has 5 nitrogen and oxygen atoms in total. The van der Waals surface area contributed by atoms with E-state index in [2.05, 4.69) is 111 Å². The number of nitrogens with zero attached hydrogens (tertiary/aromatic N) is 4. The molecule has 1 aromatic heterocycles. The largest absolute Gasteiger partial charge is 0.369 e. The van der Waals surface area contributed by atoms with Crippen LogP contribution in [0.2, 0.25) is 0 Å². The van der Waals surface area contributed by atoms with E-state index in [4.69, 9.17) is 0 Å². The van der Waals surface area contributed by atoms with E-state index in [0.29, 0.717) is 6.54 Å². The zero-order chi connectivity index (χ0) is 25.2. The quantitative estimate of drug-likeness (QED) is 0.366. The molecule has 0 spiro atoms. The van der Waals surface area contributed by atoms with Gasteiger partial charge in [0.2, 0.25) is 0 Å². The van der Waals surface area contributed by atoms with Gasteiger partial charge in [-0.25, -0.2) is 0 Å². The zero-order valence-electron chi connectivity index (χ0n) is 21.4. The maximum atomic E-state index is 14.0. The van der Waals surface area contributed by atoms with Crippen molar-refractivity contribution < 1.29 is 4.79 Å². The highest BCUT2D eigenvalue weighted by atomic mass is 16.2. The third kappa shape index (κ3) is 4.67. The first-order valence-electron chi connectivity index (χ1n) is 13.3. The van der Waals surface area contributed by atoms with Crippen LogP contribution in [-0.2, 0) is 13.6 Å². The number of anilines is 1. The van der Waals surface area contributed by atoms with Gasteiger partial charge >= 0.3 is 0 Å². The summed E-state index contributed by atoms with van der Waals surface area (Å²) in [4.78, 5) is 21.1. The van der Waals surface area contributed by atoms with E-state index in [1.807, 2.05) is 18.2 Å². The van der Waals surface area contributed by atoms with Crippen molar-refractivity contribution >= 4 is 11.6 Å². The van der Waals surface area contributed by atoms with E-state index in [9.17, 15) is 4.79 Å². The molecule has 3 aromatic carbocycles. The van der Waals surface area contributed by atoms with Gasteiger partial charge in [0.1, 0.15) is 0 Å². The highest BCUT2D eigenvalue weighted by molar-refractivity contribution is 5.97. The number of fused-ring (bicyclic) bond motifs is 1. The third-order valence-electron chi connectivity index (χ3n) is 8.00. The fraction of sp³-hybridized carbons (Fsp3) is 0.281. The second-order valence-corrected chi connectivity index (χ2v) is 10.2. The van der Waals surface area contributed by atoms with Gasteiger partial charge in [-0.15, -0.1) is 0 Å². The third-order valence-corrected chi connectivity index (χ3v) is 8.00. The fourth-order valence-electron chi connectivity index (χ4n) is 6.08. The average Bonchev–Trinajstić information content (AvgIpc) is 3.38. The Balaban J connectivity index is 1.33. The molecule has 3 heterocycles. The number of aryl methyl sites for hydroxylation is 1. The van der Waals surface area contributed by atoms with Gasteiger partial charge < -0.3 is 14.4 Å². The van der Waals surface area contributed by atoms with Crippen LogP contribution in [0.15, 0.2) is 103 Å². The summed E-state index contributed by atoms with van der Waals surface area (Å²) < 4.78 is 2.18. The molecule has 1 saturated heterocycles. The number of amides is 1. The average molecular weight is 491 g/mol. The maximum Gasteiger partial charge on any atom is 0.255 e. The Morgan fingerprint density at radius 3 is 2.14 bits per heavy atom. The molecule has 4 aromatic rings. The molecule has 2 unspecified atom stereocenters. The summed E-state index contributed by atoms with van der Waals surface area (Å²) >= 11 is 0. The Morgan fingerprint density at radius 1 is 0.757 bits per heavy atom. The minimum Gasteiger partial charge on any atom is -0.369 e. The van der Waals surface area contributed by atoms with Crippen molar-refractivity contribution in [2.24, 2.45) is 7.05 Å². The Morgan fingerprint density at radius 2 is 1.43 bits per heavy atom. The Hall–Kier alpha value is -3.83. The van der Waals surface area contributed by atoms with Crippen LogP contribution >= 0.6 is 0 Å². The van der Waals surface area contributed by atoms with Gasteiger partial charge in [0, 0.05) is 75.4 Å². The molecule has 0 aliphatic carbocycles. The molecule has 2 aliphatic rings. The van der Waals surface area contributed by atoms with E-state index in [1.54, 1.807) is 0 Å². The van der Waals surface area contributed by atoms with Gasteiger partial charge in [-0.3, -0.25) is 9.69 Å². The van der Waals surface area contributed by atoms with Gasteiger partial charge in [0.05, 0.1) is 6.04 Å². The first-order chi connectivity index (χ1) is 18.2. The van der Waals surface area contributed by atoms with Crippen LogP contribution in [0.5, 0.6) is 0 Å². The van der Waals surface area contributed by atoms with Gasteiger partial charge in [0.25, 0.3) is 5.91 Å².